The topological polar surface area (TPSA) is 8.17 Å². The zero-order chi connectivity index (χ0) is 18.1. The second kappa shape index (κ2) is 7.00. The van der Waals surface area contributed by atoms with Crippen LogP contribution in [0, 0.1) is 17.5 Å². The Kier molecular flexibility index (Phi) is 4.55. The minimum Gasteiger partial charge on any atom is -0.350 e. The van der Waals surface area contributed by atoms with Gasteiger partial charge in [0.1, 0.15) is 17.5 Å². The molecule has 3 aromatic rings. The molecule has 0 saturated carbocycles. The molecule has 0 aliphatic carbocycles. The lowest BCUT2D eigenvalue weighted by Gasteiger charge is -2.31. The van der Waals surface area contributed by atoms with Crippen LogP contribution in [0.2, 0.25) is 0 Å². The summed E-state index contributed by atoms with van der Waals surface area (Å²) in [6, 6.07) is 14.0. The molecule has 2 heterocycles. The van der Waals surface area contributed by atoms with Gasteiger partial charge in [-0.25, -0.2) is 13.2 Å². The van der Waals surface area contributed by atoms with Gasteiger partial charge in [0.25, 0.3) is 0 Å². The van der Waals surface area contributed by atoms with Gasteiger partial charge in [0.15, 0.2) is 0 Å². The molecule has 5 heteroatoms. The Balaban J connectivity index is 1.79. The van der Waals surface area contributed by atoms with Gasteiger partial charge < -0.3 is 4.57 Å². The van der Waals surface area contributed by atoms with Crippen molar-refractivity contribution in [3.63, 3.8) is 0 Å². The third kappa shape index (κ3) is 3.15. The van der Waals surface area contributed by atoms with Gasteiger partial charge in [0.05, 0.1) is 6.04 Å². The van der Waals surface area contributed by atoms with Gasteiger partial charge in [0.2, 0.25) is 0 Å². The zero-order valence-electron chi connectivity index (χ0n) is 14.2. The summed E-state index contributed by atoms with van der Waals surface area (Å²) >= 11 is 0. The first kappa shape index (κ1) is 16.9. The third-order valence-electron chi connectivity index (χ3n) is 4.94. The van der Waals surface area contributed by atoms with E-state index in [2.05, 4.69) is 4.57 Å². The molecular formula is C21H19F3N2. The lowest BCUT2D eigenvalue weighted by atomic mass is 10.0. The maximum Gasteiger partial charge on any atom is 0.130 e. The van der Waals surface area contributed by atoms with Gasteiger partial charge in [-0.2, -0.15) is 0 Å². The molecule has 0 spiro atoms. The van der Waals surface area contributed by atoms with Crippen LogP contribution >= 0.6 is 0 Å². The van der Waals surface area contributed by atoms with Crippen molar-refractivity contribution < 1.29 is 13.2 Å². The van der Waals surface area contributed by atoms with E-state index in [-0.39, 0.29) is 24.0 Å². The first-order chi connectivity index (χ1) is 12.6. The van der Waals surface area contributed by atoms with Crippen molar-refractivity contribution in [3.05, 3.63) is 95.1 Å². The summed E-state index contributed by atoms with van der Waals surface area (Å²) in [6.07, 6.45) is 2.85. The monoisotopic (exact) mass is 356 g/mol. The van der Waals surface area contributed by atoms with E-state index in [4.69, 9.17) is 0 Å². The highest BCUT2D eigenvalue weighted by atomic mass is 19.1. The predicted octanol–water partition coefficient (Wildman–Crippen LogP) is 4.90. The number of aromatic nitrogens is 1. The van der Waals surface area contributed by atoms with Gasteiger partial charge in [0, 0.05) is 37.1 Å². The van der Waals surface area contributed by atoms with Crippen LogP contribution in [-0.2, 0) is 13.1 Å². The predicted molar refractivity (Wildman–Crippen MR) is 94.1 cm³/mol. The van der Waals surface area contributed by atoms with E-state index >= 15 is 0 Å². The summed E-state index contributed by atoms with van der Waals surface area (Å²) in [7, 11) is 0. The molecule has 1 unspecified atom stereocenters. The average Bonchev–Trinajstić information content (AvgIpc) is 2.99. The molecule has 1 aromatic heterocycles. The summed E-state index contributed by atoms with van der Waals surface area (Å²) in [5.74, 6) is -1.42. The molecule has 1 atom stereocenters. The lowest BCUT2D eigenvalue weighted by Crippen LogP contribution is -2.30. The minimum atomic E-state index is -0.553. The molecular weight excluding hydrogens is 337 g/mol. The molecule has 0 radical (unpaired) electrons. The Hall–Kier alpha value is -2.53. The molecule has 2 nitrogen and oxygen atoms in total. The highest BCUT2D eigenvalue weighted by Gasteiger charge is 2.29. The molecule has 0 N–H and O–H groups in total. The maximum absolute atomic E-state index is 14.2. The van der Waals surface area contributed by atoms with Crippen LogP contribution < -0.4 is 0 Å². The van der Waals surface area contributed by atoms with Crippen molar-refractivity contribution in [2.45, 2.75) is 25.6 Å². The van der Waals surface area contributed by atoms with Gasteiger partial charge in [-0.15, -0.1) is 0 Å². The van der Waals surface area contributed by atoms with Gasteiger partial charge in [-0.1, -0.05) is 18.2 Å². The number of aryl methyl sites for hydroxylation is 1. The van der Waals surface area contributed by atoms with Crippen molar-refractivity contribution in [2.75, 3.05) is 6.54 Å². The maximum atomic E-state index is 14.2. The van der Waals surface area contributed by atoms with Gasteiger partial charge in [-0.05, 0) is 48.4 Å². The van der Waals surface area contributed by atoms with Crippen LogP contribution in [0.25, 0.3) is 0 Å². The lowest BCUT2D eigenvalue weighted by molar-refractivity contribution is 0.214. The highest BCUT2D eigenvalue weighted by molar-refractivity contribution is 5.31. The fraction of sp³-hybridized carbons (Fsp3) is 0.238. The summed E-state index contributed by atoms with van der Waals surface area (Å²) in [5.41, 5.74) is 1.84. The van der Waals surface area contributed by atoms with Crippen LogP contribution in [-0.4, -0.2) is 16.0 Å². The van der Waals surface area contributed by atoms with Crippen molar-refractivity contribution in [1.29, 1.82) is 0 Å². The van der Waals surface area contributed by atoms with Crippen molar-refractivity contribution in [1.82, 2.24) is 9.47 Å². The molecule has 0 bridgehead atoms. The normalized spacial score (nSPS) is 17.7. The summed E-state index contributed by atoms with van der Waals surface area (Å²) < 4.78 is 44.4. The Morgan fingerprint density at radius 1 is 0.885 bits per heavy atom. The molecule has 4 rings (SSSR count). The fourth-order valence-electron chi connectivity index (χ4n) is 3.75. The van der Waals surface area contributed by atoms with Crippen LogP contribution in [0.3, 0.4) is 0 Å². The second-order valence-electron chi connectivity index (χ2n) is 6.61. The molecule has 2 aromatic carbocycles. The summed E-state index contributed by atoms with van der Waals surface area (Å²) in [5, 5.41) is 0. The smallest absolute Gasteiger partial charge is 0.130 e. The highest BCUT2D eigenvalue weighted by Crippen LogP contribution is 2.33. The SMILES string of the molecule is Fc1cccc(C2c3cccn3CCCN2Cc2c(F)cccc2F)c1. The Morgan fingerprint density at radius 3 is 2.42 bits per heavy atom. The first-order valence-electron chi connectivity index (χ1n) is 8.71. The fourth-order valence-corrected chi connectivity index (χ4v) is 3.75. The minimum absolute atomic E-state index is 0.0499. The van der Waals surface area contributed by atoms with E-state index in [0.29, 0.717) is 6.54 Å². The molecule has 26 heavy (non-hydrogen) atoms. The largest absolute Gasteiger partial charge is 0.350 e. The van der Waals surface area contributed by atoms with Gasteiger partial charge in [-0.3, -0.25) is 4.90 Å². The van der Waals surface area contributed by atoms with Crippen LogP contribution in [0.1, 0.15) is 29.3 Å². The van der Waals surface area contributed by atoms with Gasteiger partial charge >= 0.3 is 0 Å². The van der Waals surface area contributed by atoms with Crippen LogP contribution in [0.4, 0.5) is 13.2 Å². The van der Waals surface area contributed by atoms with E-state index in [1.807, 2.05) is 29.3 Å². The second-order valence-corrected chi connectivity index (χ2v) is 6.61. The Bertz CT molecular complexity index is 899. The molecule has 0 fully saturated rings. The van der Waals surface area contributed by atoms with Crippen molar-refractivity contribution >= 4 is 0 Å². The van der Waals surface area contributed by atoms with Crippen LogP contribution in [0.5, 0.6) is 0 Å². The van der Waals surface area contributed by atoms with Crippen molar-refractivity contribution in [3.8, 4) is 0 Å². The number of hydrogen-bond acceptors (Lipinski definition) is 1. The average molecular weight is 356 g/mol. The zero-order valence-corrected chi connectivity index (χ0v) is 14.2. The molecule has 134 valence electrons. The summed E-state index contributed by atoms with van der Waals surface area (Å²) in [6.45, 7) is 1.62. The number of rotatable bonds is 3. The molecule has 0 saturated heterocycles. The summed E-state index contributed by atoms with van der Waals surface area (Å²) in [4.78, 5) is 2.02. The van der Waals surface area contributed by atoms with E-state index < -0.39 is 11.6 Å². The Morgan fingerprint density at radius 2 is 1.65 bits per heavy atom. The first-order valence-corrected chi connectivity index (χ1v) is 8.71. The number of hydrogen-bond donors (Lipinski definition) is 0. The van der Waals surface area contributed by atoms with E-state index in [1.54, 1.807) is 6.07 Å². The number of fused-ring (bicyclic) bond motifs is 1. The van der Waals surface area contributed by atoms with Crippen LogP contribution in [0.15, 0.2) is 60.8 Å². The standard InChI is InChI=1S/C21H19F3N2/c22-16-6-1-5-15(13-16)21-20-9-3-10-25(20)11-4-12-26(21)14-17-18(23)7-2-8-19(17)24/h1-3,5-10,13,21H,4,11-12,14H2. The number of benzene rings is 2. The van der Waals surface area contributed by atoms with E-state index in [9.17, 15) is 13.2 Å². The van der Waals surface area contributed by atoms with Crippen molar-refractivity contribution in [2.24, 2.45) is 0 Å². The van der Waals surface area contributed by atoms with E-state index in [0.717, 1.165) is 24.2 Å². The number of halogens is 3. The molecule has 1 aliphatic heterocycles. The third-order valence-corrected chi connectivity index (χ3v) is 4.94. The Labute approximate surface area is 150 Å². The molecule has 1 aliphatic rings. The number of nitrogens with zero attached hydrogens (tertiary/aromatic N) is 2. The quantitative estimate of drug-likeness (QED) is 0.648. The molecule has 0 amide bonds. The van der Waals surface area contributed by atoms with E-state index in [1.165, 1.54) is 30.3 Å².